The van der Waals surface area contributed by atoms with Gasteiger partial charge in [0.1, 0.15) is 11.6 Å². The fourth-order valence-corrected chi connectivity index (χ4v) is 4.27. The molecule has 8 heteroatoms. The standard InChI is InChI=1S/C27H20FNO6/c1-33-19-11-9-15(10-12-19)23-22(25(31)27(32)29(23)18-7-4-6-17(28)14-18)24(30)21-13-16-5-3-8-20(34-2)26(16)35-21/h3-14,23,31H,1-2H3. The van der Waals surface area contributed by atoms with E-state index in [1.54, 1.807) is 42.5 Å². The number of hydrogen-bond acceptors (Lipinski definition) is 6. The second kappa shape index (κ2) is 8.64. The highest BCUT2D eigenvalue weighted by Gasteiger charge is 2.45. The molecule has 1 aliphatic rings. The van der Waals surface area contributed by atoms with Crippen LogP contribution in [0, 0.1) is 5.82 Å². The van der Waals surface area contributed by atoms with Crippen LogP contribution in [0.25, 0.3) is 11.0 Å². The highest BCUT2D eigenvalue weighted by atomic mass is 19.1. The summed E-state index contributed by atoms with van der Waals surface area (Å²) < 4.78 is 30.4. The summed E-state index contributed by atoms with van der Waals surface area (Å²) in [7, 11) is 3.00. The number of anilines is 1. The van der Waals surface area contributed by atoms with E-state index in [0.29, 0.717) is 28.0 Å². The molecule has 2 heterocycles. The van der Waals surface area contributed by atoms with Gasteiger partial charge in [0.2, 0.25) is 5.78 Å². The topological polar surface area (TPSA) is 89.2 Å². The van der Waals surface area contributed by atoms with Crippen molar-refractivity contribution in [2.75, 3.05) is 19.1 Å². The molecule has 0 radical (unpaired) electrons. The first-order valence-corrected chi connectivity index (χ1v) is 10.7. The van der Waals surface area contributed by atoms with Gasteiger partial charge in [-0.2, -0.15) is 0 Å². The number of benzene rings is 3. The molecule has 0 aliphatic carbocycles. The van der Waals surface area contributed by atoms with Gasteiger partial charge in [0.15, 0.2) is 22.9 Å². The zero-order valence-electron chi connectivity index (χ0n) is 18.8. The number of ketones is 1. The third-order valence-electron chi connectivity index (χ3n) is 5.92. The molecule has 1 unspecified atom stereocenters. The summed E-state index contributed by atoms with van der Waals surface area (Å²) in [5.41, 5.74) is 0.897. The first-order chi connectivity index (χ1) is 16.9. The predicted molar refractivity (Wildman–Crippen MR) is 126 cm³/mol. The molecule has 1 N–H and O–H groups in total. The summed E-state index contributed by atoms with van der Waals surface area (Å²) in [6.45, 7) is 0. The molecule has 1 aromatic heterocycles. The molecule has 0 spiro atoms. The van der Waals surface area contributed by atoms with Gasteiger partial charge in [-0.1, -0.05) is 30.3 Å². The van der Waals surface area contributed by atoms with Gasteiger partial charge in [0, 0.05) is 11.1 Å². The highest BCUT2D eigenvalue weighted by molar-refractivity contribution is 6.20. The van der Waals surface area contributed by atoms with E-state index in [1.807, 2.05) is 0 Å². The Balaban J connectivity index is 1.66. The SMILES string of the molecule is COc1ccc(C2C(C(=O)c3cc4cccc(OC)c4o3)=C(O)C(=O)N2c2cccc(F)c2)cc1. The van der Waals surface area contributed by atoms with Crippen molar-refractivity contribution in [2.24, 2.45) is 0 Å². The monoisotopic (exact) mass is 473 g/mol. The Kier molecular flexibility index (Phi) is 5.49. The number of furan rings is 1. The molecule has 35 heavy (non-hydrogen) atoms. The fraction of sp³-hybridized carbons (Fsp3) is 0.111. The minimum Gasteiger partial charge on any atom is -0.503 e. The number of hydrogen-bond donors (Lipinski definition) is 1. The second-order valence-corrected chi connectivity index (χ2v) is 7.91. The van der Waals surface area contributed by atoms with Gasteiger partial charge < -0.3 is 19.0 Å². The lowest BCUT2D eigenvalue weighted by molar-refractivity contribution is -0.117. The van der Waals surface area contributed by atoms with Crippen LogP contribution in [0.1, 0.15) is 22.2 Å². The van der Waals surface area contributed by atoms with Crippen LogP contribution in [-0.2, 0) is 4.79 Å². The lowest BCUT2D eigenvalue weighted by atomic mass is 9.94. The summed E-state index contributed by atoms with van der Waals surface area (Å²) in [6, 6.07) is 17.8. The number of halogens is 1. The Morgan fingerprint density at radius 2 is 1.74 bits per heavy atom. The number of methoxy groups -OCH3 is 2. The van der Waals surface area contributed by atoms with Crippen LogP contribution in [0.4, 0.5) is 10.1 Å². The third kappa shape index (κ3) is 3.69. The summed E-state index contributed by atoms with van der Waals surface area (Å²) >= 11 is 0. The van der Waals surface area contributed by atoms with E-state index >= 15 is 0 Å². The van der Waals surface area contributed by atoms with Crippen LogP contribution in [0.5, 0.6) is 11.5 Å². The smallest absolute Gasteiger partial charge is 0.294 e. The normalized spacial score (nSPS) is 15.7. The van der Waals surface area contributed by atoms with E-state index in [1.165, 1.54) is 49.5 Å². The van der Waals surface area contributed by atoms with Crippen molar-refractivity contribution >= 4 is 28.3 Å². The van der Waals surface area contributed by atoms with Gasteiger partial charge in [-0.05, 0) is 48.0 Å². The maximum absolute atomic E-state index is 14.1. The molecular formula is C27H20FNO6. The molecule has 0 bridgehead atoms. The lowest BCUT2D eigenvalue weighted by Gasteiger charge is -2.27. The number of aliphatic hydroxyl groups is 1. The maximum Gasteiger partial charge on any atom is 0.294 e. The zero-order valence-corrected chi connectivity index (χ0v) is 18.8. The number of ether oxygens (including phenoxy) is 2. The molecule has 1 atom stereocenters. The van der Waals surface area contributed by atoms with Crippen molar-refractivity contribution in [3.05, 3.63) is 101 Å². The molecule has 0 saturated carbocycles. The molecular weight excluding hydrogens is 453 g/mol. The minimum atomic E-state index is -1.03. The molecule has 4 aromatic rings. The largest absolute Gasteiger partial charge is 0.503 e. The number of carbonyl (C=O) groups excluding carboxylic acids is 2. The second-order valence-electron chi connectivity index (χ2n) is 7.91. The van der Waals surface area contributed by atoms with E-state index in [4.69, 9.17) is 13.9 Å². The number of fused-ring (bicyclic) bond motifs is 1. The zero-order chi connectivity index (χ0) is 24.7. The average molecular weight is 473 g/mol. The van der Waals surface area contributed by atoms with Crippen LogP contribution in [-0.4, -0.2) is 31.0 Å². The number of rotatable bonds is 6. The highest BCUT2D eigenvalue weighted by Crippen LogP contribution is 2.43. The first-order valence-electron chi connectivity index (χ1n) is 10.7. The number of aliphatic hydroxyl groups excluding tert-OH is 1. The predicted octanol–water partition coefficient (Wildman–Crippen LogP) is 5.37. The summed E-state index contributed by atoms with van der Waals surface area (Å²) in [6.07, 6.45) is 0. The van der Waals surface area contributed by atoms with E-state index in [9.17, 15) is 19.1 Å². The Bertz CT molecular complexity index is 1490. The minimum absolute atomic E-state index is 0.0709. The van der Waals surface area contributed by atoms with Crippen LogP contribution < -0.4 is 14.4 Å². The van der Waals surface area contributed by atoms with Gasteiger partial charge in [-0.3, -0.25) is 14.5 Å². The van der Waals surface area contributed by atoms with Crippen LogP contribution in [0.3, 0.4) is 0 Å². The molecule has 1 aliphatic heterocycles. The van der Waals surface area contributed by atoms with E-state index in [2.05, 4.69) is 0 Å². The summed E-state index contributed by atoms with van der Waals surface area (Å²) in [4.78, 5) is 28.1. The Hall–Kier alpha value is -4.59. The maximum atomic E-state index is 14.1. The molecule has 176 valence electrons. The molecule has 0 saturated heterocycles. The van der Waals surface area contributed by atoms with Crippen molar-refractivity contribution in [3.63, 3.8) is 0 Å². The van der Waals surface area contributed by atoms with Gasteiger partial charge >= 0.3 is 0 Å². The lowest BCUT2D eigenvalue weighted by Crippen LogP contribution is -2.31. The Morgan fingerprint density at radius 1 is 1.00 bits per heavy atom. The number of para-hydroxylation sites is 1. The molecule has 5 rings (SSSR count). The van der Waals surface area contributed by atoms with Crippen molar-refractivity contribution < 1.29 is 33.0 Å². The van der Waals surface area contributed by atoms with Gasteiger partial charge in [0.25, 0.3) is 5.91 Å². The van der Waals surface area contributed by atoms with Crippen molar-refractivity contribution in [3.8, 4) is 11.5 Å². The van der Waals surface area contributed by atoms with Crippen molar-refractivity contribution in [2.45, 2.75) is 6.04 Å². The van der Waals surface area contributed by atoms with Crippen molar-refractivity contribution in [1.29, 1.82) is 0 Å². The molecule has 3 aromatic carbocycles. The summed E-state index contributed by atoms with van der Waals surface area (Å²) in [5, 5.41) is 11.5. The van der Waals surface area contributed by atoms with E-state index < -0.39 is 29.3 Å². The molecule has 7 nitrogen and oxygen atoms in total. The van der Waals surface area contributed by atoms with Crippen LogP contribution in [0.2, 0.25) is 0 Å². The van der Waals surface area contributed by atoms with Crippen LogP contribution >= 0.6 is 0 Å². The number of carbonyl (C=O) groups is 2. The number of Topliss-reactive ketones (excluding diaryl/α,β-unsaturated/α-hetero) is 1. The Labute approximate surface area is 199 Å². The van der Waals surface area contributed by atoms with E-state index in [-0.39, 0.29) is 17.0 Å². The third-order valence-corrected chi connectivity index (χ3v) is 5.92. The van der Waals surface area contributed by atoms with Crippen molar-refractivity contribution in [1.82, 2.24) is 0 Å². The first kappa shape index (κ1) is 22.2. The molecule has 1 amide bonds. The Morgan fingerprint density at radius 3 is 2.43 bits per heavy atom. The average Bonchev–Trinajstić information content (AvgIpc) is 3.43. The fourth-order valence-electron chi connectivity index (χ4n) is 4.27. The van der Waals surface area contributed by atoms with Crippen LogP contribution in [0.15, 0.2) is 88.5 Å². The molecule has 0 fully saturated rings. The quantitative estimate of drug-likeness (QED) is 0.379. The van der Waals surface area contributed by atoms with Gasteiger partial charge in [0.05, 0.1) is 25.8 Å². The number of nitrogens with zero attached hydrogens (tertiary/aromatic N) is 1. The number of amides is 1. The van der Waals surface area contributed by atoms with Gasteiger partial charge in [-0.25, -0.2) is 4.39 Å². The van der Waals surface area contributed by atoms with Gasteiger partial charge in [-0.15, -0.1) is 0 Å². The van der Waals surface area contributed by atoms with E-state index in [0.717, 1.165) is 0 Å². The summed E-state index contributed by atoms with van der Waals surface area (Å²) in [5.74, 6) is -1.85.